The molecule has 2 heterocycles. The minimum absolute atomic E-state index is 0.818. The van der Waals surface area contributed by atoms with Crippen LogP contribution in [0.2, 0.25) is 0 Å². The van der Waals surface area contributed by atoms with E-state index in [2.05, 4.69) is 29.2 Å². The maximum absolute atomic E-state index is 3.54. The number of nitrogens with one attached hydrogen (secondary N) is 1. The molecule has 1 N–H and O–H groups in total. The van der Waals surface area contributed by atoms with Crippen LogP contribution in [0.1, 0.15) is 25.7 Å². The summed E-state index contributed by atoms with van der Waals surface area (Å²) in [5.74, 6) is 0.894. The predicted molar refractivity (Wildman–Crippen MR) is 68.7 cm³/mol. The number of hydrogen-bond acceptors (Lipinski definition) is 3. The Morgan fingerprint density at radius 3 is 2.81 bits per heavy atom. The van der Waals surface area contributed by atoms with E-state index >= 15 is 0 Å². The molecule has 2 rings (SSSR count). The Kier molecular flexibility index (Phi) is 4.62. The van der Waals surface area contributed by atoms with Crippen LogP contribution in [0.4, 0.5) is 0 Å². The Hall–Kier alpha value is -0.120. The van der Waals surface area contributed by atoms with Gasteiger partial charge in [0.15, 0.2) is 0 Å². The molecule has 2 atom stereocenters. The van der Waals surface area contributed by atoms with Crippen LogP contribution in [0.25, 0.3) is 0 Å². The van der Waals surface area contributed by atoms with E-state index < -0.39 is 0 Å². The van der Waals surface area contributed by atoms with E-state index in [9.17, 15) is 0 Å². The van der Waals surface area contributed by atoms with Gasteiger partial charge in [-0.1, -0.05) is 0 Å². The molecule has 0 radical (unpaired) electrons. The van der Waals surface area contributed by atoms with Crippen LogP contribution in [0.3, 0.4) is 0 Å². The molecule has 2 unspecified atom stereocenters. The molecular weight excluding hydrogens is 198 g/mol. The molecule has 0 saturated carbocycles. The zero-order valence-corrected chi connectivity index (χ0v) is 10.9. The van der Waals surface area contributed by atoms with Gasteiger partial charge < -0.3 is 10.2 Å². The quantitative estimate of drug-likeness (QED) is 0.773. The minimum Gasteiger partial charge on any atom is -0.315 e. The summed E-state index contributed by atoms with van der Waals surface area (Å²) in [5, 5.41) is 3.54. The van der Waals surface area contributed by atoms with Gasteiger partial charge in [-0.25, -0.2) is 0 Å². The Morgan fingerprint density at radius 2 is 2.12 bits per heavy atom. The van der Waals surface area contributed by atoms with Crippen molar-refractivity contribution in [1.82, 2.24) is 15.1 Å². The van der Waals surface area contributed by atoms with Crippen molar-refractivity contribution in [3.05, 3.63) is 0 Å². The second kappa shape index (κ2) is 5.99. The lowest BCUT2D eigenvalue weighted by Crippen LogP contribution is -2.50. The second-order valence-electron chi connectivity index (χ2n) is 5.77. The van der Waals surface area contributed by atoms with Crippen molar-refractivity contribution in [2.45, 2.75) is 31.7 Å². The largest absolute Gasteiger partial charge is 0.315 e. The van der Waals surface area contributed by atoms with Gasteiger partial charge in [0.1, 0.15) is 0 Å². The zero-order chi connectivity index (χ0) is 11.4. The summed E-state index contributed by atoms with van der Waals surface area (Å²) in [7, 11) is 4.39. The molecule has 3 nitrogen and oxygen atoms in total. The summed E-state index contributed by atoms with van der Waals surface area (Å²) in [6, 6.07) is 0.818. The molecule has 0 amide bonds. The number of nitrogens with zero attached hydrogens (tertiary/aromatic N) is 2. The molecule has 0 aliphatic carbocycles. The average Bonchev–Trinajstić information content (AvgIpc) is 2.30. The molecule has 2 fully saturated rings. The van der Waals surface area contributed by atoms with Gasteiger partial charge >= 0.3 is 0 Å². The molecule has 16 heavy (non-hydrogen) atoms. The normalized spacial score (nSPS) is 33.2. The highest BCUT2D eigenvalue weighted by Crippen LogP contribution is 2.21. The van der Waals surface area contributed by atoms with Gasteiger partial charge in [-0.3, -0.25) is 4.90 Å². The van der Waals surface area contributed by atoms with Crippen molar-refractivity contribution in [2.75, 3.05) is 46.8 Å². The maximum Gasteiger partial charge on any atom is 0.0221 e. The average molecular weight is 225 g/mol. The van der Waals surface area contributed by atoms with Gasteiger partial charge in [0.2, 0.25) is 0 Å². The van der Waals surface area contributed by atoms with Crippen LogP contribution in [-0.2, 0) is 0 Å². The third-order valence-corrected chi connectivity index (χ3v) is 3.96. The van der Waals surface area contributed by atoms with Crippen molar-refractivity contribution >= 4 is 0 Å². The highest BCUT2D eigenvalue weighted by atomic mass is 15.2. The van der Waals surface area contributed by atoms with Crippen LogP contribution in [0.15, 0.2) is 0 Å². The van der Waals surface area contributed by atoms with Gasteiger partial charge in [-0.05, 0) is 58.8 Å². The van der Waals surface area contributed by atoms with Crippen molar-refractivity contribution in [3.63, 3.8) is 0 Å². The molecule has 0 aromatic rings. The van der Waals surface area contributed by atoms with Gasteiger partial charge in [-0.15, -0.1) is 0 Å². The lowest BCUT2D eigenvalue weighted by atomic mass is 9.94. The smallest absolute Gasteiger partial charge is 0.0221 e. The monoisotopic (exact) mass is 225 g/mol. The van der Waals surface area contributed by atoms with Gasteiger partial charge in [0.05, 0.1) is 0 Å². The third-order valence-electron chi connectivity index (χ3n) is 3.96. The SMILES string of the molecule is CN(C)CC1CCCN(C2CCCNC2)C1. The van der Waals surface area contributed by atoms with Crippen LogP contribution >= 0.6 is 0 Å². The standard InChI is InChI=1S/C13H27N3/c1-15(2)10-12-5-4-8-16(11-12)13-6-3-7-14-9-13/h12-14H,3-11H2,1-2H3. The molecule has 2 aliphatic rings. The van der Waals surface area contributed by atoms with Crippen molar-refractivity contribution in [3.8, 4) is 0 Å². The summed E-state index contributed by atoms with van der Waals surface area (Å²) in [4.78, 5) is 5.08. The predicted octanol–water partition coefficient (Wildman–Crippen LogP) is 1.01. The molecule has 0 spiro atoms. The Balaban J connectivity index is 1.80. The molecular formula is C13H27N3. The number of likely N-dealkylation sites (tertiary alicyclic amines) is 1. The lowest BCUT2D eigenvalue weighted by molar-refractivity contribution is 0.0943. The number of rotatable bonds is 3. The topological polar surface area (TPSA) is 18.5 Å². The molecule has 94 valence electrons. The lowest BCUT2D eigenvalue weighted by Gasteiger charge is -2.40. The molecule has 2 aliphatic heterocycles. The molecule has 0 bridgehead atoms. The summed E-state index contributed by atoms with van der Waals surface area (Å²) in [6.45, 7) is 6.36. The first-order valence-corrected chi connectivity index (χ1v) is 6.85. The van der Waals surface area contributed by atoms with E-state index in [1.807, 2.05) is 0 Å². The van der Waals surface area contributed by atoms with Crippen LogP contribution in [0.5, 0.6) is 0 Å². The van der Waals surface area contributed by atoms with E-state index in [-0.39, 0.29) is 0 Å². The van der Waals surface area contributed by atoms with Crippen molar-refractivity contribution < 1.29 is 0 Å². The molecule has 2 saturated heterocycles. The van der Waals surface area contributed by atoms with Gasteiger partial charge in [0, 0.05) is 25.7 Å². The summed E-state index contributed by atoms with van der Waals surface area (Å²) in [6.07, 6.45) is 5.59. The highest BCUT2D eigenvalue weighted by molar-refractivity contribution is 4.83. The molecule has 0 aromatic carbocycles. The third kappa shape index (κ3) is 3.44. The highest BCUT2D eigenvalue weighted by Gasteiger charge is 2.26. The van der Waals surface area contributed by atoms with E-state index in [0.29, 0.717) is 0 Å². The van der Waals surface area contributed by atoms with Gasteiger partial charge in [-0.2, -0.15) is 0 Å². The maximum atomic E-state index is 3.54. The molecule has 3 heteroatoms. The Morgan fingerprint density at radius 1 is 1.25 bits per heavy atom. The summed E-state index contributed by atoms with van der Waals surface area (Å²) in [5.41, 5.74) is 0. The Bertz CT molecular complexity index is 199. The number of hydrogen-bond donors (Lipinski definition) is 1. The Labute approximate surface area is 100 Å². The van der Waals surface area contributed by atoms with Crippen LogP contribution in [-0.4, -0.2) is 62.7 Å². The van der Waals surface area contributed by atoms with Crippen molar-refractivity contribution in [2.24, 2.45) is 5.92 Å². The van der Waals surface area contributed by atoms with Gasteiger partial charge in [0.25, 0.3) is 0 Å². The second-order valence-corrected chi connectivity index (χ2v) is 5.77. The fourth-order valence-corrected chi connectivity index (χ4v) is 3.24. The van der Waals surface area contributed by atoms with Crippen LogP contribution < -0.4 is 5.32 Å². The first-order valence-electron chi connectivity index (χ1n) is 6.85. The zero-order valence-electron chi connectivity index (χ0n) is 10.9. The van der Waals surface area contributed by atoms with E-state index in [4.69, 9.17) is 0 Å². The van der Waals surface area contributed by atoms with E-state index in [0.717, 1.165) is 12.0 Å². The summed E-state index contributed by atoms with van der Waals surface area (Å²) >= 11 is 0. The summed E-state index contributed by atoms with van der Waals surface area (Å²) < 4.78 is 0. The molecule has 0 aromatic heterocycles. The number of piperidine rings is 2. The fourth-order valence-electron chi connectivity index (χ4n) is 3.24. The minimum atomic E-state index is 0.818. The van der Waals surface area contributed by atoms with Crippen LogP contribution in [0, 0.1) is 5.92 Å². The fraction of sp³-hybridized carbons (Fsp3) is 1.00. The van der Waals surface area contributed by atoms with Crippen molar-refractivity contribution in [1.29, 1.82) is 0 Å². The first-order chi connectivity index (χ1) is 7.75. The van der Waals surface area contributed by atoms with E-state index in [1.165, 1.54) is 58.4 Å². The first kappa shape index (κ1) is 12.3. The van der Waals surface area contributed by atoms with E-state index in [1.54, 1.807) is 0 Å².